The summed E-state index contributed by atoms with van der Waals surface area (Å²) in [6, 6.07) is 7.26. The molecule has 1 aliphatic heterocycles. The van der Waals surface area contributed by atoms with Crippen LogP contribution in [0.4, 0.5) is 0 Å². The number of hydrogen-bond acceptors (Lipinski definition) is 4. The summed E-state index contributed by atoms with van der Waals surface area (Å²) in [5, 5.41) is 0.716. The van der Waals surface area contributed by atoms with Crippen molar-refractivity contribution in [1.82, 2.24) is 0 Å². The van der Waals surface area contributed by atoms with Crippen LogP contribution >= 0.6 is 7.80 Å². The first kappa shape index (κ1) is 9.71. The molecule has 2 atom stereocenters. The summed E-state index contributed by atoms with van der Waals surface area (Å²) in [5.74, 6) is 0.350. The first-order valence-corrected chi connectivity index (χ1v) is 5.77. The van der Waals surface area contributed by atoms with Gasteiger partial charge in [-0.15, -0.1) is 0 Å². The summed E-state index contributed by atoms with van der Waals surface area (Å²) >= 11 is 0. The van der Waals surface area contributed by atoms with Gasteiger partial charge in [-0.3, -0.25) is 0 Å². The molecule has 1 heterocycles. The lowest BCUT2D eigenvalue weighted by molar-refractivity contribution is -0.399. The molecule has 0 amide bonds. The van der Waals surface area contributed by atoms with Crippen molar-refractivity contribution in [3.8, 4) is 5.75 Å². The molecule has 14 heavy (non-hydrogen) atoms. The molecule has 76 valence electrons. The third kappa shape index (κ3) is 1.69. The van der Waals surface area contributed by atoms with E-state index in [1.165, 1.54) is 0 Å². The molecular weight excluding hydrogens is 203 g/mol. The van der Waals surface area contributed by atoms with Crippen LogP contribution in [-0.2, 0) is 14.3 Å². The van der Waals surface area contributed by atoms with Crippen LogP contribution in [0.3, 0.4) is 0 Å². The fourth-order valence-corrected chi connectivity index (χ4v) is 2.69. The summed E-state index contributed by atoms with van der Waals surface area (Å²) in [6.07, 6.45) is 0. The van der Waals surface area contributed by atoms with Gasteiger partial charge in [-0.1, -0.05) is 12.1 Å². The second-order valence-corrected chi connectivity index (χ2v) is 4.85. The Kier molecular flexibility index (Phi) is 2.87. The second-order valence-electron chi connectivity index (χ2n) is 2.93. The van der Waals surface area contributed by atoms with Crippen LogP contribution < -0.4 is 10.0 Å². The molecule has 4 nitrogen and oxygen atoms in total. The summed E-state index contributed by atoms with van der Waals surface area (Å²) in [6.45, 7) is 0.399. The first-order valence-electron chi connectivity index (χ1n) is 4.28. The van der Waals surface area contributed by atoms with Crippen LogP contribution in [0.2, 0.25) is 0 Å². The minimum absolute atomic E-state index is 0.295. The summed E-state index contributed by atoms with van der Waals surface area (Å²) < 4.78 is 17.0. The maximum absolute atomic E-state index is 11.9. The molecule has 1 aromatic rings. The SMILES string of the molecule is COc1ccccc1[PH](=O)C1COO1. The van der Waals surface area contributed by atoms with E-state index in [1.54, 1.807) is 19.2 Å². The lowest BCUT2D eigenvalue weighted by Crippen LogP contribution is -2.29. The van der Waals surface area contributed by atoms with Gasteiger partial charge in [-0.2, -0.15) is 0 Å². The largest absolute Gasteiger partial charge is 0.496 e. The molecular formula is C9H11O4P. The molecule has 1 saturated heterocycles. The zero-order valence-corrected chi connectivity index (χ0v) is 8.73. The van der Waals surface area contributed by atoms with Crippen molar-refractivity contribution in [1.29, 1.82) is 0 Å². The normalized spacial score (nSPS) is 22.5. The number of rotatable bonds is 3. The van der Waals surface area contributed by atoms with Crippen molar-refractivity contribution in [3.63, 3.8) is 0 Å². The van der Waals surface area contributed by atoms with E-state index in [-0.39, 0.29) is 5.85 Å². The highest BCUT2D eigenvalue weighted by molar-refractivity contribution is 7.54. The van der Waals surface area contributed by atoms with E-state index in [0.29, 0.717) is 17.7 Å². The zero-order valence-electron chi connectivity index (χ0n) is 7.73. The molecule has 0 N–H and O–H groups in total. The first-order chi connectivity index (χ1) is 6.83. The number of hydrogen-bond donors (Lipinski definition) is 0. The van der Waals surface area contributed by atoms with Gasteiger partial charge < -0.3 is 9.30 Å². The van der Waals surface area contributed by atoms with Crippen LogP contribution in [0.5, 0.6) is 5.75 Å². The highest BCUT2D eigenvalue weighted by Gasteiger charge is 2.29. The van der Waals surface area contributed by atoms with Gasteiger partial charge in [0.25, 0.3) is 0 Å². The smallest absolute Gasteiger partial charge is 0.173 e. The summed E-state index contributed by atoms with van der Waals surface area (Å²) in [5.41, 5.74) is 0. The fourth-order valence-electron chi connectivity index (χ4n) is 1.28. The van der Waals surface area contributed by atoms with Gasteiger partial charge in [-0.05, 0) is 12.1 Å². The van der Waals surface area contributed by atoms with Crippen molar-refractivity contribution < 1.29 is 19.1 Å². The van der Waals surface area contributed by atoms with Crippen molar-refractivity contribution in [2.24, 2.45) is 0 Å². The number of para-hydroxylation sites is 1. The molecule has 0 radical (unpaired) electrons. The summed E-state index contributed by atoms with van der Waals surface area (Å²) in [7, 11) is -0.411. The van der Waals surface area contributed by atoms with Gasteiger partial charge in [0.05, 0.1) is 12.4 Å². The van der Waals surface area contributed by atoms with Gasteiger partial charge in [-0.25, -0.2) is 9.78 Å². The van der Waals surface area contributed by atoms with Gasteiger partial charge in [0, 0.05) is 0 Å². The molecule has 0 saturated carbocycles. The standard InChI is InChI=1S/C9H11O4P/c1-11-7-4-2-3-5-8(7)14(10)9-6-12-13-9/h2-5,9,14H,6H2,1H3. The minimum Gasteiger partial charge on any atom is -0.496 e. The molecule has 2 unspecified atom stereocenters. The van der Waals surface area contributed by atoms with Gasteiger partial charge in [0.1, 0.15) is 20.2 Å². The molecule has 1 aromatic carbocycles. The van der Waals surface area contributed by atoms with Crippen LogP contribution in [0.15, 0.2) is 24.3 Å². The number of ether oxygens (including phenoxy) is 1. The average Bonchev–Trinajstić information content (AvgIpc) is 2.15. The Bertz CT molecular complexity index is 348. The topological polar surface area (TPSA) is 44.8 Å². The highest BCUT2D eigenvalue weighted by Crippen LogP contribution is 2.36. The average molecular weight is 214 g/mol. The van der Waals surface area contributed by atoms with E-state index >= 15 is 0 Å². The van der Waals surface area contributed by atoms with Gasteiger partial charge in [0.15, 0.2) is 5.85 Å². The van der Waals surface area contributed by atoms with E-state index in [9.17, 15) is 4.57 Å². The van der Waals surface area contributed by atoms with Gasteiger partial charge in [0.2, 0.25) is 0 Å². The minimum atomic E-state index is -1.97. The van der Waals surface area contributed by atoms with Crippen LogP contribution in [0, 0.1) is 0 Å². The third-order valence-corrected chi connectivity index (χ3v) is 3.86. The monoisotopic (exact) mass is 214 g/mol. The third-order valence-electron chi connectivity index (χ3n) is 2.07. The van der Waals surface area contributed by atoms with Crippen LogP contribution in [0.25, 0.3) is 0 Å². The molecule has 0 aliphatic carbocycles. The lowest BCUT2D eigenvalue weighted by Gasteiger charge is -2.24. The maximum atomic E-state index is 11.9. The molecule has 1 aliphatic rings. The van der Waals surface area contributed by atoms with Crippen molar-refractivity contribution in [2.75, 3.05) is 13.7 Å². The maximum Gasteiger partial charge on any atom is 0.173 e. The molecule has 0 bridgehead atoms. The van der Waals surface area contributed by atoms with E-state index in [2.05, 4.69) is 4.89 Å². The predicted octanol–water partition coefficient (Wildman–Crippen LogP) is 1.17. The Morgan fingerprint density at radius 3 is 2.79 bits per heavy atom. The van der Waals surface area contributed by atoms with Crippen molar-refractivity contribution >= 4 is 13.1 Å². The quantitative estimate of drug-likeness (QED) is 0.559. The van der Waals surface area contributed by atoms with E-state index < -0.39 is 7.80 Å². The van der Waals surface area contributed by atoms with E-state index in [0.717, 1.165) is 0 Å². The number of benzene rings is 1. The lowest BCUT2D eigenvalue weighted by atomic mass is 10.3. The van der Waals surface area contributed by atoms with Crippen LogP contribution in [0.1, 0.15) is 0 Å². The number of methoxy groups -OCH3 is 1. The van der Waals surface area contributed by atoms with Crippen LogP contribution in [-0.4, -0.2) is 19.6 Å². The zero-order chi connectivity index (χ0) is 9.97. The Labute approximate surface area is 82.5 Å². The van der Waals surface area contributed by atoms with E-state index in [1.807, 2.05) is 12.1 Å². The molecule has 1 fully saturated rings. The highest BCUT2D eigenvalue weighted by atomic mass is 31.1. The van der Waals surface area contributed by atoms with Crippen molar-refractivity contribution in [2.45, 2.75) is 5.85 Å². The summed E-state index contributed by atoms with van der Waals surface area (Å²) in [4.78, 5) is 9.26. The second kappa shape index (κ2) is 4.13. The Morgan fingerprint density at radius 1 is 1.50 bits per heavy atom. The van der Waals surface area contributed by atoms with E-state index in [4.69, 9.17) is 9.62 Å². The Morgan fingerprint density at radius 2 is 2.21 bits per heavy atom. The fraction of sp³-hybridized carbons (Fsp3) is 0.333. The molecule has 0 aromatic heterocycles. The van der Waals surface area contributed by atoms with Gasteiger partial charge >= 0.3 is 0 Å². The molecule has 0 spiro atoms. The molecule has 5 heteroatoms. The molecule has 2 rings (SSSR count). The Balaban J connectivity index is 2.25. The predicted molar refractivity (Wildman–Crippen MR) is 52.5 cm³/mol. The van der Waals surface area contributed by atoms with Crippen molar-refractivity contribution in [3.05, 3.63) is 24.3 Å². The Hall–Kier alpha value is -0.830.